The van der Waals surface area contributed by atoms with Crippen LogP contribution in [0, 0.1) is 0 Å². The summed E-state index contributed by atoms with van der Waals surface area (Å²) in [5, 5.41) is 4.58. The van der Waals surface area contributed by atoms with Crippen LogP contribution < -0.4 is 10.6 Å². The van der Waals surface area contributed by atoms with E-state index < -0.39 is 36.2 Å². The van der Waals surface area contributed by atoms with E-state index in [2.05, 4.69) is 10.6 Å². The van der Waals surface area contributed by atoms with Gasteiger partial charge in [0.05, 0.1) is 0 Å². The predicted molar refractivity (Wildman–Crippen MR) is 109 cm³/mol. The highest BCUT2D eigenvalue weighted by Gasteiger charge is 2.28. The summed E-state index contributed by atoms with van der Waals surface area (Å²) in [6, 6.07) is 16.8. The zero-order chi connectivity index (χ0) is 22.6. The monoisotopic (exact) mass is 428 g/mol. The summed E-state index contributed by atoms with van der Waals surface area (Å²) in [6.07, 6.45) is -2.47. The van der Waals surface area contributed by atoms with Gasteiger partial charge in [-0.3, -0.25) is 9.59 Å². The number of carbonyl (C=O) groups excluding carboxylic acids is 4. The second-order valence-electron chi connectivity index (χ2n) is 6.52. The van der Waals surface area contributed by atoms with Crippen molar-refractivity contribution in [1.29, 1.82) is 0 Å². The molecule has 2 aromatic rings. The van der Waals surface area contributed by atoms with Crippen LogP contribution in [-0.2, 0) is 41.8 Å². The molecular formula is C22H24N2O7. The first-order valence-electron chi connectivity index (χ1n) is 9.50. The third kappa shape index (κ3) is 8.57. The molecule has 2 atom stereocenters. The van der Waals surface area contributed by atoms with E-state index in [1.165, 1.54) is 6.92 Å². The van der Waals surface area contributed by atoms with Gasteiger partial charge in [-0.05, 0) is 18.1 Å². The number of alkyl carbamates (subject to hydrolysis) is 1. The zero-order valence-corrected chi connectivity index (χ0v) is 17.2. The number of esters is 2. The van der Waals surface area contributed by atoms with Crippen molar-refractivity contribution < 1.29 is 33.4 Å². The molecule has 0 saturated heterocycles. The molecule has 2 rings (SSSR count). The molecule has 0 aromatic heterocycles. The third-order valence-corrected chi connectivity index (χ3v) is 3.94. The Morgan fingerprint density at radius 3 is 1.84 bits per heavy atom. The lowest BCUT2D eigenvalue weighted by atomic mass is 10.2. The van der Waals surface area contributed by atoms with E-state index in [0.29, 0.717) is 0 Å². The lowest BCUT2D eigenvalue weighted by Gasteiger charge is -2.20. The Kier molecular flexibility index (Phi) is 9.03. The van der Waals surface area contributed by atoms with Crippen molar-refractivity contribution in [2.75, 3.05) is 0 Å². The van der Waals surface area contributed by atoms with Crippen LogP contribution in [0.4, 0.5) is 4.79 Å². The molecule has 1 unspecified atom stereocenters. The molecule has 0 radical (unpaired) electrons. The molecule has 0 saturated carbocycles. The summed E-state index contributed by atoms with van der Waals surface area (Å²) in [6.45, 7) is 2.45. The quantitative estimate of drug-likeness (QED) is 0.356. The lowest BCUT2D eigenvalue weighted by molar-refractivity contribution is -0.171. The lowest BCUT2D eigenvalue weighted by Crippen LogP contribution is -2.52. The highest BCUT2D eigenvalue weighted by molar-refractivity contribution is 5.89. The van der Waals surface area contributed by atoms with Gasteiger partial charge in [-0.1, -0.05) is 60.7 Å². The van der Waals surface area contributed by atoms with Crippen molar-refractivity contribution >= 4 is 23.9 Å². The van der Waals surface area contributed by atoms with Crippen LogP contribution in [0.1, 0.15) is 25.0 Å². The predicted octanol–water partition coefficient (Wildman–Crippen LogP) is 2.05. The first-order chi connectivity index (χ1) is 14.8. The smallest absolute Gasteiger partial charge is 0.408 e. The number of nitrogens with one attached hydrogen (secondary N) is 2. The SMILES string of the molecule is CC(=O)OC(NC(=O)[C@H](C)NC(=O)OCc1ccccc1)C(=O)OCc1ccccc1. The van der Waals surface area contributed by atoms with E-state index in [-0.39, 0.29) is 13.2 Å². The molecule has 0 bridgehead atoms. The minimum Gasteiger partial charge on any atom is -0.457 e. The standard InChI is InChI=1S/C22H24N2O7/c1-15(23-22(28)30-14-18-11-7-4-8-12-18)19(26)24-20(31-16(2)25)21(27)29-13-17-9-5-3-6-10-17/h3-12,15,20H,13-14H2,1-2H3,(H,23,28)(H,24,26)/t15-,20?/m0/s1. The minimum absolute atomic E-state index is 0.0307. The molecule has 2 N–H and O–H groups in total. The average molecular weight is 428 g/mol. The number of carbonyl (C=O) groups is 4. The second kappa shape index (κ2) is 12.0. The molecule has 2 amide bonds. The summed E-state index contributed by atoms with van der Waals surface area (Å²) in [5.74, 6) is -2.50. The van der Waals surface area contributed by atoms with E-state index in [1.807, 2.05) is 12.1 Å². The maximum Gasteiger partial charge on any atom is 0.408 e. The van der Waals surface area contributed by atoms with Crippen LogP contribution in [-0.4, -0.2) is 36.2 Å². The summed E-state index contributed by atoms with van der Waals surface area (Å²) in [5.41, 5.74) is 1.51. The summed E-state index contributed by atoms with van der Waals surface area (Å²) < 4.78 is 15.0. The van der Waals surface area contributed by atoms with Crippen LogP contribution in [0.25, 0.3) is 0 Å². The van der Waals surface area contributed by atoms with Crippen molar-refractivity contribution in [1.82, 2.24) is 10.6 Å². The minimum atomic E-state index is -1.65. The van der Waals surface area contributed by atoms with Crippen molar-refractivity contribution in [3.63, 3.8) is 0 Å². The van der Waals surface area contributed by atoms with Crippen molar-refractivity contribution in [2.24, 2.45) is 0 Å². The van der Waals surface area contributed by atoms with E-state index in [9.17, 15) is 19.2 Å². The maximum absolute atomic E-state index is 12.3. The van der Waals surface area contributed by atoms with Gasteiger partial charge < -0.3 is 24.8 Å². The van der Waals surface area contributed by atoms with Crippen LogP contribution >= 0.6 is 0 Å². The number of amides is 2. The first-order valence-corrected chi connectivity index (χ1v) is 9.50. The molecular weight excluding hydrogens is 404 g/mol. The Hall–Kier alpha value is -3.88. The fraction of sp³-hybridized carbons (Fsp3) is 0.273. The van der Waals surface area contributed by atoms with E-state index in [4.69, 9.17) is 14.2 Å². The van der Waals surface area contributed by atoms with Gasteiger partial charge in [-0.25, -0.2) is 9.59 Å². The molecule has 9 heteroatoms. The summed E-state index contributed by atoms with van der Waals surface area (Å²) in [7, 11) is 0. The van der Waals surface area contributed by atoms with Crippen LogP contribution in [0.5, 0.6) is 0 Å². The van der Waals surface area contributed by atoms with Crippen LogP contribution in [0.15, 0.2) is 60.7 Å². The van der Waals surface area contributed by atoms with Gasteiger partial charge in [-0.15, -0.1) is 0 Å². The highest BCUT2D eigenvalue weighted by atomic mass is 16.6. The Morgan fingerprint density at radius 2 is 1.32 bits per heavy atom. The first kappa shape index (κ1) is 23.4. The van der Waals surface area contributed by atoms with Gasteiger partial charge in [-0.2, -0.15) is 0 Å². The van der Waals surface area contributed by atoms with Crippen molar-refractivity contribution in [2.45, 2.75) is 39.3 Å². The molecule has 0 aliphatic carbocycles. The van der Waals surface area contributed by atoms with Gasteiger partial charge in [0.15, 0.2) is 0 Å². The molecule has 0 heterocycles. The summed E-state index contributed by atoms with van der Waals surface area (Å²) >= 11 is 0. The Bertz CT molecular complexity index is 887. The van der Waals surface area contributed by atoms with Gasteiger partial charge in [0, 0.05) is 6.92 Å². The van der Waals surface area contributed by atoms with E-state index in [1.54, 1.807) is 48.5 Å². The molecule has 31 heavy (non-hydrogen) atoms. The number of benzene rings is 2. The Labute approximate surface area is 179 Å². The molecule has 0 aliphatic rings. The van der Waals surface area contributed by atoms with E-state index >= 15 is 0 Å². The molecule has 0 fully saturated rings. The fourth-order valence-corrected chi connectivity index (χ4v) is 2.37. The Balaban J connectivity index is 1.85. The third-order valence-electron chi connectivity index (χ3n) is 3.94. The fourth-order valence-electron chi connectivity index (χ4n) is 2.37. The highest BCUT2D eigenvalue weighted by Crippen LogP contribution is 2.04. The number of hydrogen-bond donors (Lipinski definition) is 2. The van der Waals surface area contributed by atoms with Gasteiger partial charge in [0.1, 0.15) is 19.3 Å². The molecule has 9 nitrogen and oxygen atoms in total. The number of ether oxygens (including phenoxy) is 3. The zero-order valence-electron chi connectivity index (χ0n) is 17.2. The van der Waals surface area contributed by atoms with E-state index in [0.717, 1.165) is 18.1 Å². The molecule has 2 aromatic carbocycles. The van der Waals surface area contributed by atoms with Crippen LogP contribution in [0.2, 0.25) is 0 Å². The molecule has 164 valence electrons. The number of rotatable bonds is 9. The largest absolute Gasteiger partial charge is 0.457 e. The average Bonchev–Trinajstić information content (AvgIpc) is 2.76. The van der Waals surface area contributed by atoms with Crippen molar-refractivity contribution in [3.05, 3.63) is 71.8 Å². The normalized spacial score (nSPS) is 12.1. The van der Waals surface area contributed by atoms with Gasteiger partial charge in [0.25, 0.3) is 6.23 Å². The Morgan fingerprint density at radius 1 is 0.806 bits per heavy atom. The topological polar surface area (TPSA) is 120 Å². The van der Waals surface area contributed by atoms with Crippen LogP contribution in [0.3, 0.4) is 0 Å². The molecule has 0 aliphatic heterocycles. The van der Waals surface area contributed by atoms with Gasteiger partial charge in [0.2, 0.25) is 5.91 Å². The second-order valence-corrected chi connectivity index (χ2v) is 6.52. The van der Waals surface area contributed by atoms with Crippen molar-refractivity contribution in [3.8, 4) is 0 Å². The van der Waals surface area contributed by atoms with Gasteiger partial charge >= 0.3 is 18.0 Å². The number of hydrogen-bond acceptors (Lipinski definition) is 7. The molecule has 0 spiro atoms. The summed E-state index contributed by atoms with van der Waals surface area (Å²) in [4.78, 5) is 47.8. The maximum atomic E-state index is 12.3.